The number of aromatic nitrogens is 5. The van der Waals surface area contributed by atoms with Gasteiger partial charge in [0.1, 0.15) is 22.3 Å². The van der Waals surface area contributed by atoms with Crippen molar-refractivity contribution in [2.75, 3.05) is 25.5 Å². The van der Waals surface area contributed by atoms with Gasteiger partial charge in [0.2, 0.25) is 5.13 Å². The first-order valence-electron chi connectivity index (χ1n) is 11.8. The molecule has 1 aliphatic carbocycles. The van der Waals surface area contributed by atoms with Gasteiger partial charge < -0.3 is 19.9 Å². The molecule has 5 rings (SSSR count). The number of anilines is 2. The summed E-state index contributed by atoms with van der Waals surface area (Å²) in [5.41, 5.74) is 4.20. The summed E-state index contributed by atoms with van der Waals surface area (Å²) in [6, 6.07) is 7.87. The number of nitrogens with one attached hydrogen (secondary N) is 2. The third kappa shape index (κ3) is 5.18. The van der Waals surface area contributed by atoms with Gasteiger partial charge in [-0.3, -0.25) is 0 Å². The Morgan fingerprint density at radius 3 is 2.74 bits per heavy atom. The molecule has 3 heterocycles. The van der Waals surface area contributed by atoms with E-state index < -0.39 is 0 Å². The number of benzene rings is 1. The molecule has 0 aliphatic heterocycles. The molecule has 4 aromatic rings. The van der Waals surface area contributed by atoms with Crippen molar-refractivity contribution < 1.29 is 9.26 Å². The van der Waals surface area contributed by atoms with Crippen LogP contribution in [0.4, 0.5) is 10.9 Å². The van der Waals surface area contributed by atoms with Crippen molar-refractivity contribution in [1.82, 2.24) is 30.6 Å². The second kappa shape index (κ2) is 10.1. The minimum atomic E-state index is 0.554. The highest BCUT2D eigenvalue weighted by atomic mass is 32.1. The number of aryl methyl sites for hydroxylation is 2. The molecule has 2 N–H and O–H groups in total. The molecule has 10 heteroatoms. The Hall–Kier alpha value is -3.37. The largest absolute Gasteiger partial charge is 0.494 e. The van der Waals surface area contributed by atoms with Crippen molar-refractivity contribution in [1.29, 1.82) is 0 Å². The first-order chi connectivity index (χ1) is 17.0. The third-order valence-electron chi connectivity index (χ3n) is 5.94. The van der Waals surface area contributed by atoms with Gasteiger partial charge in [-0.1, -0.05) is 28.6 Å². The SMILES string of the molecule is CNCCCOc1cccc(-c2nc(Nc3nnc(C4CC4)s3)c(C)c(-c3c(C)noc3C)n2)c1. The topological polar surface area (TPSA) is 111 Å². The predicted molar refractivity (Wildman–Crippen MR) is 136 cm³/mol. The van der Waals surface area contributed by atoms with Gasteiger partial charge in [0, 0.05) is 17.0 Å². The van der Waals surface area contributed by atoms with E-state index in [2.05, 4.69) is 26.0 Å². The average Bonchev–Trinajstić information content (AvgIpc) is 3.52. The van der Waals surface area contributed by atoms with Gasteiger partial charge in [-0.25, -0.2) is 9.97 Å². The summed E-state index contributed by atoms with van der Waals surface area (Å²) in [6.07, 6.45) is 3.31. The average molecular weight is 492 g/mol. The Kier molecular flexibility index (Phi) is 6.74. The van der Waals surface area contributed by atoms with Crippen LogP contribution in [0.2, 0.25) is 0 Å². The lowest BCUT2D eigenvalue weighted by Gasteiger charge is -2.14. The summed E-state index contributed by atoms with van der Waals surface area (Å²) in [5.74, 6) is 3.33. The number of ether oxygens (including phenoxy) is 1. The Labute approximate surface area is 208 Å². The van der Waals surface area contributed by atoms with E-state index in [1.807, 2.05) is 52.1 Å². The summed E-state index contributed by atoms with van der Waals surface area (Å²) in [4.78, 5) is 9.84. The lowest BCUT2D eigenvalue weighted by Crippen LogP contribution is -2.11. The van der Waals surface area contributed by atoms with Crippen molar-refractivity contribution >= 4 is 22.3 Å². The molecule has 0 amide bonds. The predicted octanol–water partition coefficient (Wildman–Crippen LogP) is 5.18. The van der Waals surface area contributed by atoms with Crippen LogP contribution in [0.5, 0.6) is 5.75 Å². The van der Waals surface area contributed by atoms with Gasteiger partial charge in [-0.15, -0.1) is 10.2 Å². The van der Waals surface area contributed by atoms with Gasteiger partial charge in [0.05, 0.1) is 23.6 Å². The Morgan fingerprint density at radius 1 is 1.14 bits per heavy atom. The van der Waals surface area contributed by atoms with Crippen LogP contribution in [0.25, 0.3) is 22.6 Å². The van der Waals surface area contributed by atoms with E-state index in [0.717, 1.165) is 62.7 Å². The highest BCUT2D eigenvalue weighted by Gasteiger charge is 2.28. The van der Waals surface area contributed by atoms with Crippen LogP contribution in [0.1, 0.15) is 47.2 Å². The van der Waals surface area contributed by atoms with E-state index in [0.29, 0.717) is 24.2 Å². The molecule has 1 saturated carbocycles. The maximum Gasteiger partial charge on any atom is 0.211 e. The van der Waals surface area contributed by atoms with E-state index >= 15 is 0 Å². The molecule has 0 bridgehead atoms. The van der Waals surface area contributed by atoms with Crippen LogP contribution in [0, 0.1) is 20.8 Å². The summed E-state index contributed by atoms with van der Waals surface area (Å²) >= 11 is 1.58. The van der Waals surface area contributed by atoms with Gasteiger partial charge in [-0.05, 0) is 65.8 Å². The standard InChI is InChI=1S/C25H29N7O2S/c1-14-21(20-15(2)32-34-16(20)3)27-23(18-7-5-8-19(13-18)33-12-6-11-26-4)28-22(14)29-25-31-30-24(35-25)17-9-10-17/h5,7-8,13,17,26H,6,9-12H2,1-4H3,(H,27,28,29,31). The van der Waals surface area contributed by atoms with E-state index in [9.17, 15) is 0 Å². The van der Waals surface area contributed by atoms with Crippen molar-refractivity contribution in [2.45, 2.75) is 46.0 Å². The second-order valence-electron chi connectivity index (χ2n) is 8.75. The molecule has 0 spiro atoms. The van der Waals surface area contributed by atoms with Crippen molar-refractivity contribution in [2.24, 2.45) is 0 Å². The van der Waals surface area contributed by atoms with Gasteiger partial charge in [-0.2, -0.15) is 0 Å². The van der Waals surface area contributed by atoms with Crippen molar-refractivity contribution in [3.05, 3.63) is 46.3 Å². The minimum Gasteiger partial charge on any atom is -0.494 e. The van der Waals surface area contributed by atoms with Crippen LogP contribution >= 0.6 is 11.3 Å². The third-order valence-corrected chi connectivity index (χ3v) is 6.94. The number of rotatable bonds is 10. The Morgan fingerprint density at radius 2 is 2.00 bits per heavy atom. The van der Waals surface area contributed by atoms with Crippen LogP contribution in [-0.2, 0) is 0 Å². The molecule has 182 valence electrons. The van der Waals surface area contributed by atoms with E-state index in [4.69, 9.17) is 19.2 Å². The fourth-order valence-corrected chi connectivity index (χ4v) is 4.79. The Bertz CT molecular complexity index is 1310. The second-order valence-corrected chi connectivity index (χ2v) is 9.76. The molecular formula is C25H29N7O2S. The van der Waals surface area contributed by atoms with Crippen molar-refractivity contribution in [3.8, 4) is 28.4 Å². The normalized spacial score (nSPS) is 13.3. The number of nitrogens with zero attached hydrogens (tertiary/aromatic N) is 5. The molecule has 1 aliphatic rings. The quantitative estimate of drug-likeness (QED) is 0.290. The van der Waals surface area contributed by atoms with E-state index in [1.165, 1.54) is 12.8 Å². The van der Waals surface area contributed by atoms with E-state index in [-0.39, 0.29) is 0 Å². The molecule has 1 fully saturated rings. The zero-order valence-corrected chi connectivity index (χ0v) is 21.2. The van der Waals surface area contributed by atoms with Crippen molar-refractivity contribution in [3.63, 3.8) is 0 Å². The zero-order chi connectivity index (χ0) is 24.4. The summed E-state index contributed by atoms with van der Waals surface area (Å²) in [6.45, 7) is 7.36. The monoisotopic (exact) mass is 491 g/mol. The molecule has 1 aromatic carbocycles. The molecular weight excluding hydrogens is 462 g/mol. The van der Waals surface area contributed by atoms with Gasteiger partial charge in [0.15, 0.2) is 5.82 Å². The summed E-state index contributed by atoms with van der Waals surface area (Å²) in [7, 11) is 1.94. The van der Waals surface area contributed by atoms with Crippen LogP contribution in [0.3, 0.4) is 0 Å². The maximum absolute atomic E-state index is 5.94. The zero-order valence-electron chi connectivity index (χ0n) is 20.4. The lowest BCUT2D eigenvalue weighted by molar-refractivity contribution is 0.310. The van der Waals surface area contributed by atoms with Crippen LogP contribution < -0.4 is 15.4 Å². The highest BCUT2D eigenvalue weighted by molar-refractivity contribution is 7.15. The first-order valence-corrected chi connectivity index (χ1v) is 12.6. The fourth-order valence-electron chi connectivity index (χ4n) is 3.88. The van der Waals surface area contributed by atoms with Gasteiger partial charge in [0.25, 0.3) is 0 Å². The molecule has 0 unspecified atom stereocenters. The molecule has 9 nitrogen and oxygen atoms in total. The Balaban J connectivity index is 1.53. The van der Waals surface area contributed by atoms with Crippen LogP contribution in [0.15, 0.2) is 28.8 Å². The molecule has 35 heavy (non-hydrogen) atoms. The molecule has 0 atom stereocenters. The molecule has 3 aromatic heterocycles. The number of hydrogen-bond acceptors (Lipinski definition) is 10. The van der Waals surface area contributed by atoms with E-state index in [1.54, 1.807) is 11.3 Å². The first kappa shape index (κ1) is 23.4. The number of hydrogen-bond donors (Lipinski definition) is 2. The van der Waals surface area contributed by atoms with Gasteiger partial charge >= 0.3 is 0 Å². The lowest BCUT2D eigenvalue weighted by atomic mass is 10.0. The summed E-state index contributed by atoms with van der Waals surface area (Å²) in [5, 5.41) is 21.2. The van der Waals surface area contributed by atoms with Crippen LogP contribution in [-0.4, -0.2) is 45.5 Å². The highest BCUT2D eigenvalue weighted by Crippen LogP contribution is 2.42. The molecule has 0 radical (unpaired) electrons. The summed E-state index contributed by atoms with van der Waals surface area (Å²) < 4.78 is 11.4. The minimum absolute atomic E-state index is 0.554. The molecule has 0 saturated heterocycles. The maximum atomic E-state index is 5.94. The fraction of sp³-hybridized carbons (Fsp3) is 0.400. The smallest absolute Gasteiger partial charge is 0.211 e.